The molecule has 8 heteroatoms. The summed E-state index contributed by atoms with van der Waals surface area (Å²) in [7, 11) is 0. The van der Waals surface area contributed by atoms with E-state index in [0.717, 1.165) is 4.34 Å². The molecule has 2 N–H and O–H groups in total. The van der Waals surface area contributed by atoms with Crippen LogP contribution < -0.4 is 10.6 Å². The SMILES string of the molecule is C=CCNc1nnc(SCC(=O)c2ccc(NC(=O)CC)cc2)s1. The van der Waals surface area contributed by atoms with Crippen LogP contribution in [-0.4, -0.2) is 34.2 Å². The standard InChI is InChI=1S/C16H18N4O2S2/c1-3-9-17-15-19-20-16(24-15)23-10-13(21)11-5-7-12(8-6-11)18-14(22)4-2/h3,5-8H,1,4,9-10H2,2H3,(H,17,19)(H,18,22). The van der Waals surface area contributed by atoms with Gasteiger partial charge in [0.05, 0.1) is 5.75 Å². The maximum atomic E-state index is 12.2. The molecule has 6 nitrogen and oxygen atoms in total. The predicted octanol–water partition coefficient (Wildman–Crippen LogP) is 3.46. The van der Waals surface area contributed by atoms with Crippen LogP contribution in [0.15, 0.2) is 41.3 Å². The van der Waals surface area contributed by atoms with Crippen molar-refractivity contribution >= 4 is 45.6 Å². The minimum atomic E-state index is -0.0539. The monoisotopic (exact) mass is 362 g/mol. The summed E-state index contributed by atoms with van der Waals surface area (Å²) in [5.41, 5.74) is 1.29. The number of rotatable bonds is 9. The van der Waals surface area contributed by atoms with Crippen molar-refractivity contribution in [3.63, 3.8) is 0 Å². The fraction of sp³-hybridized carbons (Fsp3) is 0.250. The van der Waals surface area contributed by atoms with Gasteiger partial charge in [0.25, 0.3) is 0 Å². The molecule has 0 saturated heterocycles. The van der Waals surface area contributed by atoms with Crippen LogP contribution in [0.1, 0.15) is 23.7 Å². The van der Waals surface area contributed by atoms with Gasteiger partial charge in [0.15, 0.2) is 10.1 Å². The molecule has 0 radical (unpaired) electrons. The highest BCUT2D eigenvalue weighted by Gasteiger charge is 2.10. The van der Waals surface area contributed by atoms with Crippen molar-refractivity contribution < 1.29 is 9.59 Å². The summed E-state index contributed by atoms with van der Waals surface area (Å²) < 4.78 is 0.738. The molecule has 0 fully saturated rings. The molecule has 1 amide bonds. The highest BCUT2D eigenvalue weighted by molar-refractivity contribution is 8.01. The zero-order chi connectivity index (χ0) is 17.4. The molecule has 0 aliphatic heterocycles. The lowest BCUT2D eigenvalue weighted by Gasteiger charge is -2.04. The fourth-order valence-corrected chi connectivity index (χ4v) is 3.35. The Labute approximate surface area is 148 Å². The van der Waals surface area contributed by atoms with Crippen molar-refractivity contribution in [1.82, 2.24) is 10.2 Å². The van der Waals surface area contributed by atoms with Crippen molar-refractivity contribution in [2.75, 3.05) is 22.9 Å². The topological polar surface area (TPSA) is 84.0 Å². The van der Waals surface area contributed by atoms with Gasteiger partial charge in [0, 0.05) is 24.2 Å². The number of aromatic nitrogens is 2. The van der Waals surface area contributed by atoms with E-state index in [-0.39, 0.29) is 17.4 Å². The van der Waals surface area contributed by atoms with E-state index in [9.17, 15) is 9.59 Å². The summed E-state index contributed by atoms with van der Waals surface area (Å²) in [6, 6.07) is 6.89. The largest absolute Gasteiger partial charge is 0.357 e. The van der Waals surface area contributed by atoms with Crippen molar-refractivity contribution in [1.29, 1.82) is 0 Å². The molecular formula is C16H18N4O2S2. The number of hydrogen-bond acceptors (Lipinski definition) is 7. The first kappa shape index (κ1) is 18.2. The zero-order valence-corrected chi connectivity index (χ0v) is 14.9. The number of nitrogens with zero attached hydrogens (tertiary/aromatic N) is 2. The summed E-state index contributed by atoms with van der Waals surface area (Å²) in [4.78, 5) is 23.5. The number of hydrogen-bond donors (Lipinski definition) is 2. The molecule has 0 aliphatic rings. The summed E-state index contributed by atoms with van der Waals surface area (Å²) in [5.74, 6) is 0.238. The Morgan fingerprint density at radius 1 is 1.29 bits per heavy atom. The molecule has 24 heavy (non-hydrogen) atoms. The quantitative estimate of drug-likeness (QED) is 0.404. The Morgan fingerprint density at radius 3 is 2.71 bits per heavy atom. The van der Waals surface area contributed by atoms with Gasteiger partial charge in [0.2, 0.25) is 11.0 Å². The number of anilines is 2. The molecule has 0 saturated carbocycles. The molecule has 0 spiro atoms. The van der Waals surface area contributed by atoms with E-state index >= 15 is 0 Å². The molecule has 1 aromatic carbocycles. The molecule has 2 aromatic rings. The lowest BCUT2D eigenvalue weighted by Crippen LogP contribution is -2.09. The Kier molecular flexibility index (Phi) is 6.95. The van der Waals surface area contributed by atoms with E-state index in [0.29, 0.717) is 29.3 Å². The van der Waals surface area contributed by atoms with Gasteiger partial charge in [0.1, 0.15) is 0 Å². The van der Waals surface area contributed by atoms with Crippen LogP contribution in [-0.2, 0) is 4.79 Å². The normalized spacial score (nSPS) is 10.2. The maximum Gasteiger partial charge on any atom is 0.224 e. The van der Waals surface area contributed by atoms with Gasteiger partial charge in [-0.15, -0.1) is 16.8 Å². The summed E-state index contributed by atoms with van der Waals surface area (Å²) in [6.07, 6.45) is 2.16. The number of benzene rings is 1. The van der Waals surface area contributed by atoms with Crippen LogP contribution in [0.3, 0.4) is 0 Å². The molecule has 0 unspecified atom stereocenters. The van der Waals surface area contributed by atoms with Crippen LogP contribution in [0.2, 0.25) is 0 Å². The van der Waals surface area contributed by atoms with Crippen LogP contribution >= 0.6 is 23.1 Å². The van der Waals surface area contributed by atoms with Gasteiger partial charge >= 0.3 is 0 Å². The smallest absolute Gasteiger partial charge is 0.224 e. The predicted molar refractivity (Wildman–Crippen MR) is 99.0 cm³/mol. The number of Topliss-reactive ketones (excluding diaryl/α,β-unsaturated/α-hetero) is 1. The third-order valence-electron chi connectivity index (χ3n) is 2.94. The van der Waals surface area contributed by atoms with Crippen molar-refractivity contribution in [2.24, 2.45) is 0 Å². The molecule has 0 bridgehead atoms. The van der Waals surface area contributed by atoms with Gasteiger partial charge in [-0.25, -0.2) is 0 Å². The van der Waals surface area contributed by atoms with E-state index in [1.807, 2.05) is 0 Å². The number of thioether (sulfide) groups is 1. The van der Waals surface area contributed by atoms with E-state index in [4.69, 9.17) is 0 Å². The molecule has 1 heterocycles. The molecule has 126 valence electrons. The van der Waals surface area contributed by atoms with Gasteiger partial charge in [-0.3, -0.25) is 9.59 Å². The Bertz CT molecular complexity index is 713. The first-order chi connectivity index (χ1) is 11.6. The molecule has 0 aliphatic carbocycles. The van der Waals surface area contributed by atoms with Crippen molar-refractivity contribution in [2.45, 2.75) is 17.7 Å². The second kappa shape index (κ2) is 9.19. The molecular weight excluding hydrogens is 344 g/mol. The Hall–Kier alpha value is -2.19. The van der Waals surface area contributed by atoms with E-state index < -0.39 is 0 Å². The second-order valence-corrected chi connectivity index (χ2v) is 6.93. The van der Waals surface area contributed by atoms with Crippen LogP contribution in [0.4, 0.5) is 10.8 Å². The molecule has 1 aromatic heterocycles. The average molecular weight is 362 g/mol. The number of carbonyl (C=O) groups excluding carboxylic acids is 2. The molecule has 2 rings (SSSR count). The average Bonchev–Trinajstić information content (AvgIpc) is 3.06. The van der Waals surface area contributed by atoms with E-state index in [2.05, 4.69) is 27.4 Å². The third kappa shape index (κ3) is 5.47. The minimum Gasteiger partial charge on any atom is -0.357 e. The number of amides is 1. The van der Waals surface area contributed by atoms with Crippen molar-refractivity contribution in [3.05, 3.63) is 42.5 Å². The lowest BCUT2D eigenvalue weighted by atomic mass is 10.1. The number of ketones is 1. The van der Waals surface area contributed by atoms with Gasteiger partial charge in [-0.05, 0) is 24.3 Å². The lowest BCUT2D eigenvalue weighted by molar-refractivity contribution is -0.115. The highest BCUT2D eigenvalue weighted by Crippen LogP contribution is 2.26. The number of carbonyl (C=O) groups is 2. The molecule has 0 atom stereocenters. The zero-order valence-electron chi connectivity index (χ0n) is 13.2. The van der Waals surface area contributed by atoms with Crippen LogP contribution in [0.25, 0.3) is 0 Å². The third-order valence-corrected chi connectivity index (χ3v) is 4.96. The maximum absolute atomic E-state index is 12.2. The first-order valence-corrected chi connectivity index (χ1v) is 9.16. The summed E-state index contributed by atoms with van der Waals surface area (Å²) in [5, 5.41) is 14.5. The van der Waals surface area contributed by atoms with Gasteiger partial charge in [-0.1, -0.05) is 36.1 Å². The minimum absolute atomic E-state index is 0.00386. The van der Waals surface area contributed by atoms with E-state index in [1.54, 1.807) is 37.3 Å². The highest BCUT2D eigenvalue weighted by atomic mass is 32.2. The van der Waals surface area contributed by atoms with Crippen molar-refractivity contribution in [3.8, 4) is 0 Å². The second-order valence-electron chi connectivity index (χ2n) is 4.73. The van der Waals surface area contributed by atoms with Crippen LogP contribution in [0, 0.1) is 0 Å². The van der Waals surface area contributed by atoms with Gasteiger partial charge < -0.3 is 10.6 Å². The number of nitrogens with one attached hydrogen (secondary N) is 2. The first-order valence-electron chi connectivity index (χ1n) is 7.36. The van der Waals surface area contributed by atoms with E-state index in [1.165, 1.54) is 23.1 Å². The fourth-order valence-electron chi connectivity index (χ4n) is 1.70. The summed E-state index contributed by atoms with van der Waals surface area (Å²) in [6.45, 7) is 6.04. The Balaban J connectivity index is 1.86. The summed E-state index contributed by atoms with van der Waals surface area (Å²) >= 11 is 2.76. The van der Waals surface area contributed by atoms with Gasteiger partial charge in [-0.2, -0.15) is 0 Å². The Morgan fingerprint density at radius 2 is 2.04 bits per heavy atom. The van der Waals surface area contributed by atoms with Crippen LogP contribution in [0.5, 0.6) is 0 Å².